The molecule has 5 heteroatoms. The molecule has 0 aromatic heterocycles. The van der Waals surface area contributed by atoms with Crippen molar-refractivity contribution in [2.45, 2.75) is 26.7 Å². The minimum atomic E-state index is -3.14. The second-order valence-electron chi connectivity index (χ2n) is 4.53. The van der Waals surface area contributed by atoms with Gasteiger partial charge < -0.3 is 13.8 Å². The van der Waals surface area contributed by atoms with E-state index in [0.29, 0.717) is 19.6 Å². The summed E-state index contributed by atoms with van der Waals surface area (Å²) in [7, 11) is -1.48. The molecule has 0 aliphatic heterocycles. The first kappa shape index (κ1) is 15.3. The predicted molar refractivity (Wildman–Crippen MR) is 80.2 cm³/mol. The van der Waals surface area contributed by atoms with Gasteiger partial charge >= 0.3 is 7.60 Å². The number of allylic oxidation sites excluding steroid dienone is 1. The summed E-state index contributed by atoms with van der Waals surface area (Å²) in [5, 5.41) is 0.763. The molecule has 0 radical (unpaired) electrons. The van der Waals surface area contributed by atoms with Gasteiger partial charge in [-0.3, -0.25) is 4.57 Å². The molecule has 0 bridgehead atoms. The third-order valence-electron chi connectivity index (χ3n) is 3.27. The number of hydrogen-bond donors (Lipinski definition) is 0. The number of rotatable bonds is 6. The van der Waals surface area contributed by atoms with Crippen molar-refractivity contribution in [2.75, 3.05) is 20.3 Å². The monoisotopic (exact) mass is 296 g/mol. The molecule has 0 amide bonds. The van der Waals surface area contributed by atoms with Crippen LogP contribution in [0.5, 0.6) is 5.75 Å². The number of ether oxygens (including phenoxy) is 1. The van der Waals surface area contributed by atoms with Gasteiger partial charge in [0.1, 0.15) is 5.75 Å². The lowest BCUT2D eigenvalue weighted by Gasteiger charge is -2.23. The Labute approximate surface area is 120 Å². The van der Waals surface area contributed by atoms with Gasteiger partial charge in [-0.25, -0.2) is 0 Å². The molecule has 110 valence electrons. The Hall–Kier alpha value is -1.09. The zero-order valence-corrected chi connectivity index (χ0v) is 13.1. The van der Waals surface area contributed by atoms with Crippen LogP contribution < -0.4 is 4.74 Å². The van der Waals surface area contributed by atoms with E-state index in [1.807, 2.05) is 38.1 Å². The minimum Gasteiger partial charge on any atom is -0.497 e. The Morgan fingerprint density at radius 2 is 1.85 bits per heavy atom. The van der Waals surface area contributed by atoms with E-state index in [9.17, 15) is 4.57 Å². The number of aryl methyl sites for hydroxylation is 1. The van der Waals surface area contributed by atoms with Crippen molar-refractivity contribution in [3.8, 4) is 5.75 Å². The van der Waals surface area contributed by atoms with Crippen molar-refractivity contribution in [1.29, 1.82) is 0 Å². The number of fused-ring (bicyclic) bond motifs is 1. The van der Waals surface area contributed by atoms with Gasteiger partial charge in [0, 0.05) is 5.31 Å². The van der Waals surface area contributed by atoms with Gasteiger partial charge in [0.25, 0.3) is 0 Å². The average Bonchev–Trinajstić information content (AvgIpc) is 2.46. The summed E-state index contributed by atoms with van der Waals surface area (Å²) in [5.74, 6) is 0.846. The Balaban J connectivity index is 2.34. The fourth-order valence-corrected chi connectivity index (χ4v) is 4.11. The molecule has 0 unspecified atom stereocenters. The van der Waals surface area contributed by atoms with Gasteiger partial charge in [0.05, 0.1) is 20.3 Å². The van der Waals surface area contributed by atoms with E-state index in [1.165, 1.54) is 5.56 Å². The molecule has 0 spiro atoms. The predicted octanol–water partition coefficient (Wildman–Crippen LogP) is 4.25. The highest BCUT2D eigenvalue weighted by atomic mass is 31.2. The number of benzene rings is 1. The van der Waals surface area contributed by atoms with Crippen molar-refractivity contribution in [3.63, 3.8) is 0 Å². The highest BCUT2D eigenvalue weighted by Gasteiger charge is 2.31. The van der Waals surface area contributed by atoms with Crippen LogP contribution in [0, 0.1) is 0 Å². The van der Waals surface area contributed by atoms with Crippen LogP contribution >= 0.6 is 7.60 Å². The molecule has 4 nitrogen and oxygen atoms in total. The first-order chi connectivity index (χ1) is 9.62. The maximum Gasteiger partial charge on any atom is 0.357 e. The molecule has 1 aliphatic carbocycles. The second kappa shape index (κ2) is 6.57. The molecule has 1 aromatic rings. The molecule has 0 fully saturated rings. The molecule has 0 atom stereocenters. The van der Waals surface area contributed by atoms with Crippen LogP contribution in [-0.4, -0.2) is 20.3 Å². The first-order valence-electron chi connectivity index (χ1n) is 6.90. The van der Waals surface area contributed by atoms with Gasteiger partial charge in [-0.05, 0) is 56.0 Å². The highest BCUT2D eigenvalue weighted by Crippen LogP contribution is 2.59. The summed E-state index contributed by atoms with van der Waals surface area (Å²) in [6, 6.07) is 5.91. The lowest BCUT2D eigenvalue weighted by molar-refractivity contribution is 0.225. The van der Waals surface area contributed by atoms with Crippen LogP contribution in [0.15, 0.2) is 23.5 Å². The molecule has 2 rings (SSSR count). The van der Waals surface area contributed by atoms with Crippen LogP contribution in [0.3, 0.4) is 0 Å². The third-order valence-corrected chi connectivity index (χ3v) is 5.53. The number of hydrogen-bond acceptors (Lipinski definition) is 4. The van der Waals surface area contributed by atoms with Crippen molar-refractivity contribution < 1.29 is 18.3 Å². The Morgan fingerprint density at radius 3 is 2.45 bits per heavy atom. The smallest absolute Gasteiger partial charge is 0.357 e. The topological polar surface area (TPSA) is 44.8 Å². The summed E-state index contributed by atoms with van der Waals surface area (Å²) in [4.78, 5) is 0. The summed E-state index contributed by atoms with van der Waals surface area (Å²) in [5.41, 5.74) is 2.26. The third kappa shape index (κ3) is 3.14. The van der Waals surface area contributed by atoms with Crippen LogP contribution in [-0.2, 0) is 20.0 Å². The van der Waals surface area contributed by atoms with Crippen molar-refractivity contribution >= 4 is 13.7 Å². The van der Waals surface area contributed by atoms with Gasteiger partial charge in [0.15, 0.2) is 0 Å². The summed E-state index contributed by atoms with van der Waals surface area (Å²) >= 11 is 0. The maximum atomic E-state index is 12.8. The normalized spacial score (nSPS) is 14.7. The summed E-state index contributed by atoms with van der Waals surface area (Å²) < 4.78 is 28.8. The van der Waals surface area contributed by atoms with Crippen molar-refractivity contribution in [3.05, 3.63) is 34.6 Å². The quantitative estimate of drug-likeness (QED) is 0.736. The van der Waals surface area contributed by atoms with Crippen LogP contribution in [0.1, 0.15) is 31.4 Å². The van der Waals surface area contributed by atoms with Gasteiger partial charge in [-0.1, -0.05) is 6.07 Å². The van der Waals surface area contributed by atoms with Crippen LogP contribution in [0.4, 0.5) is 0 Å². The first-order valence-corrected chi connectivity index (χ1v) is 8.44. The van der Waals surface area contributed by atoms with Gasteiger partial charge in [0.2, 0.25) is 0 Å². The lowest BCUT2D eigenvalue weighted by atomic mass is 9.97. The van der Waals surface area contributed by atoms with E-state index >= 15 is 0 Å². The second-order valence-corrected chi connectivity index (χ2v) is 6.62. The van der Waals surface area contributed by atoms with E-state index in [0.717, 1.165) is 23.0 Å². The minimum absolute atomic E-state index is 0.379. The molecule has 0 N–H and O–H groups in total. The summed E-state index contributed by atoms with van der Waals surface area (Å²) in [6.07, 6.45) is 3.45. The number of methoxy groups -OCH3 is 1. The van der Waals surface area contributed by atoms with E-state index in [4.69, 9.17) is 13.8 Å². The van der Waals surface area contributed by atoms with Crippen molar-refractivity contribution in [1.82, 2.24) is 0 Å². The van der Waals surface area contributed by atoms with E-state index < -0.39 is 7.60 Å². The Morgan fingerprint density at radius 1 is 1.15 bits per heavy atom. The lowest BCUT2D eigenvalue weighted by Crippen LogP contribution is -2.05. The molecule has 1 aliphatic rings. The standard InChI is InChI=1S/C15H21O4P/c1-4-18-20(16,19-5-2)15-9-7-12-10-14(17-3)8-6-13(12)11-15/h6,8,10-11H,4-5,7,9H2,1-3H3. The molecular formula is C15H21O4P. The molecular weight excluding hydrogens is 275 g/mol. The molecule has 1 aromatic carbocycles. The van der Waals surface area contributed by atoms with Crippen molar-refractivity contribution in [2.24, 2.45) is 0 Å². The van der Waals surface area contributed by atoms with Crippen LogP contribution in [0.2, 0.25) is 0 Å². The average molecular weight is 296 g/mol. The molecule has 0 heterocycles. The fourth-order valence-electron chi connectivity index (χ4n) is 2.34. The van der Waals surface area contributed by atoms with E-state index in [1.54, 1.807) is 7.11 Å². The Kier molecular flexibility index (Phi) is 5.03. The molecule has 0 saturated heterocycles. The SMILES string of the molecule is CCOP(=O)(OCC)C1=Cc2ccc(OC)cc2CC1. The zero-order chi connectivity index (χ0) is 14.6. The van der Waals surface area contributed by atoms with E-state index in [2.05, 4.69) is 0 Å². The maximum absolute atomic E-state index is 12.8. The largest absolute Gasteiger partial charge is 0.497 e. The zero-order valence-electron chi connectivity index (χ0n) is 12.2. The fraction of sp³-hybridized carbons (Fsp3) is 0.467. The van der Waals surface area contributed by atoms with Gasteiger partial charge in [-0.2, -0.15) is 0 Å². The highest BCUT2D eigenvalue weighted by molar-refractivity contribution is 7.58. The Bertz CT molecular complexity index is 541. The van der Waals surface area contributed by atoms with Gasteiger partial charge in [-0.15, -0.1) is 0 Å². The summed E-state index contributed by atoms with van der Waals surface area (Å²) in [6.45, 7) is 4.41. The van der Waals surface area contributed by atoms with E-state index in [-0.39, 0.29) is 0 Å². The van der Waals surface area contributed by atoms with Crippen LogP contribution in [0.25, 0.3) is 6.08 Å². The molecule has 0 saturated carbocycles. The molecule has 20 heavy (non-hydrogen) atoms.